The first-order chi connectivity index (χ1) is 4.41. The maximum absolute atomic E-state index is 5.41. The van der Waals surface area contributed by atoms with E-state index in [-0.39, 0.29) is 29.9 Å². The van der Waals surface area contributed by atoms with Crippen molar-refractivity contribution in [2.24, 2.45) is 0 Å². The van der Waals surface area contributed by atoms with Crippen LogP contribution in [-0.4, -0.2) is 24.3 Å². The minimum atomic E-state index is 0. The van der Waals surface area contributed by atoms with Crippen molar-refractivity contribution >= 4 is 0 Å². The van der Waals surface area contributed by atoms with Gasteiger partial charge in [-0.05, 0) is 0 Å². The maximum atomic E-state index is 5.41. The Morgan fingerprint density at radius 3 is 1.55 bits per heavy atom. The third kappa shape index (κ3) is 3.62. The van der Waals surface area contributed by atoms with Crippen molar-refractivity contribution in [3.63, 3.8) is 0 Å². The molecule has 1 aliphatic rings. The fourth-order valence-corrected chi connectivity index (χ4v) is 1.43. The van der Waals surface area contributed by atoms with Crippen molar-refractivity contribution in [3.8, 4) is 0 Å². The van der Waals surface area contributed by atoms with E-state index in [0.717, 1.165) is 13.2 Å². The van der Waals surface area contributed by atoms with E-state index in [9.17, 15) is 0 Å². The van der Waals surface area contributed by atoms with Crippen LogP contribution >= 0.6 is 0 Å². The topological polar surface area (TPSA) is 23.3 Å². The van der Waals surface area contributed by atoms with E-state index in [0.29, 0.717) is 0 Å². The van der Waals surface area contributed by atoms with Crippen LogP contribution in [0.5, 0.6) is 0 Å². The standard InChI is InChI=1S/C8H16NO.Li/c1-7(2)5-10-6-8(3,4)9-7;/h5-6H2,1-4H3;/q-1;+1. The van der Waals surface area contributed by atoms with Gasteiger partial charge in [-0.2, -0.15) is 0 Å². The summed E-state index contributed by atoms with van der Waals surface area (Å²) in [4.78, 5) is 0. The number of morpholine rings is 1. The summed E-state index contributed by atoms with van der Waals surface area (Å²) in [5.41, 5.74) is 0.0312. The molecule has 0 aromatic carbocycles. The zero-order chi connectivity index (χ0) is 7.83. The smallest absolute Gasteiger partial charge is 0.648 e. The molecule has 0 atom stereocenters. The first-order valence-electron chi connectivity index (χ1n) is 3.73. The Balaban J connectivity index is 0.000001000. The molecule has 1 fully saturated rings. The molecule has 0 radical (unpaired) electrons. The Labute approximate surface area is 81.2 Å². The Kier molecular flexibility index (Phi) is 3.66. The second-order valence-electron chi connectivity index (χ2n) is 4.23. The molecule has 0 unspecified atom stereocenters. The molecule has 2 nitrogen and oxygen atoms in total. The molecule has 3 heteroatoms. The molecule has 0 bridgehead atoms. The van der Waals surface area contributed by atoms with Crippen LogP contribution in [0.3, 0.4) is 0 Å². The summed E-state index contributed by atoms with van der Waals surface area (Å²) in [6.45, 7) is 9.94. The Hall–Kier alpha value is 0.517. The largest absolute Gasteiger partial charge is 1.00 e. The Morgan fingerprint density at radius 1 is 1.00 bits per heavy atom. The van der Waals surface area contributed by atoms with E-state index in [4.69, 9.17) is 4.74 Å². The first-order valence-corrected chi connectivity index (χ1v) is 3.73. The van der Waals surface area contributed by atoms with E-state index in [2.05, 4.69) is 33.0 Å². The summed E-state index contributed by atoms with van der Waals surface area (Å²) >= 11 is 0. The normalized spacial score (nSPS) is 27.3. The van der Waals surface area contributed by atoms with Crippen LogP contribution in [0, 0.1) is 0 Å². The fourth-order valence-electron chi connectivity index (χ4n) is 1.43. The number of hydrogen-bond acceptors (Lipinski definition) is 1. The van der Waals surface area contributed by atoms with Gasteiger partial charge in [0.05, 0.1) is 0 Å². The van der Waals surface area contributed by atoms with Crippen LogP contribution in [0.2, 0.25) is 0 Å². The van der Waals surface area contributed by atoms with Crippen LogP contribution in [0.25, 0.3) is 5.32 Å². The Bertz CT molecular complexity index is 120. The van der Waals surface area contributed by atoms with Gasteiger partial charge in [-0.1, -0.05) is 27.7 Å². The third-order valence-corrected chi connectivity index (χ3v) is 1.52. The molecule has 0 aliphatic carbocycles. The van der Waals surface area contributed by atoms with Gasteiger partial charge in [-0.25, -0.2) is 0 Å². The van der Waals surface area contributed by atoms with Gasteiger partial charge in [0, 0.05) is 13.2 Å². The van der Waals surface area contributed by atoms with Gasteiger partial charge in [-0.3, -0.25) is 0 Å². The molecule has 0 aromatic rings. The van der Waals surface area contributed by atoms with Gasteiger partial charge in [0.15, 0.2) is 0 Å². The molecule has 0 N–H and O–H groups in total. The van der Waals surface area contributed by atoms with Crippen molar-refractivity contribution < 1.29 is 23.6 Å². The minimum Gasteiger partial charge on any atom is -0.648 e. The van der Waals surface area contributed by atoms with Crippen LogP contribution in [0.15, 0.2) is 0 Å². The molecule has 0 saturated carbocycles. The molecular formula is C8H16LiNO. The number of rotatable bonds is 0. The van der Waals surface area contributed by atoms with E-state index in [1.807, 2.05) is 0 Å². The predicted molar refractivity (Wildman–Crippen MR) is 42.3 cm³/mol. The van der Waals surface area contributed by atoms with Crippen LogP contribution < -0.4 is 18.9 Å². The van der Waals surface area contributed by atoms with Gasteiger partial charge in [0.1, 0.15) is 0 Å². The molecule has 60 valence electrons. The van der Waals surface area contributed by atoms with Crippen molar-refractivity contribution in [1.29, 1.82) is 0 Å². The molecule has 0 spiro atoms. The number of hydrogen-bond donors (Lipinski definition) is 0. The zero-order valence-electron chi connectivity index (χ0n) is 8.27. The second kappa shape index (κ2) is 3.49. The predicted octanol–water partition coefficient (Wildman–Crippen LogP) is -1.05. The Morgan fingerprint density at radius 2 is 1.36 bits per heavy atom. The van der Waals surface area contributed by atoms with Crippen LogP contribution in [0.1, 0.15) is 27.7 Å². The minimum absolute atomic E-state index is 0. The van der Waals surface area contributed by atoms with Crippen molar-refractivity contribution in [2.45, 2.75) is 38.8 Å². The molecule has 0 aromatic heterocycles. The van der Waals surface area contributed by atoms with Crippen LogP contribution in [-0.2, 0) is 4.74 Å². The van der Waals surface area contributed by atoms with Crippen molar-refractivity contribution in [1.82, 2.24) is 0 Å². The molecule has 1 aliphatic heterocycles. The molecule has 1 rings (SSSR count). The van der Waals surface area contributed by atoms with Gasteiger partial charge in [0.2, 0.25) is 0 Å². The number of ether oxygens (including phenoxy) is 1. The van der Waals surface area contributed by atoms with Crippen molar-refractivity contribution in [2.75, 3.05) is 13.2 Å². The zero-order valence-corrected chi connectivity index (χ0v) is 8.27. The van der Waals surface area contributed by atoms with E-state index < -0.39 is 0 Å². The average molecular weight is 149 g/mol. The summed E-state index contributed by atoms with van der Waals surface area (Å²) in [5, 5.41) is 4.62. The summed E-state index contributed by atoms with van der Waals surface area (Å²) in [5.74, 6) is 0. The van der Waals surface area contributed by atoms with E-state index >= 15 is 0 Å². The van der Waals surface area contributed by atoms with E-state index in [1.165, 1.54) is 0 Å². The summed E-state index contributed by atoms with van der Waals surface area (Å²) in [6, 6.07) is 0. The van der Waals surface area contributed by atoms with Gasteiger partial charge >= 0.3 is 18.9 Å². The number of nitrogens with zero attached hydrogens (tertiary/aromatic N) is 1. The van der Waals surface area contributed by atoms with Crippen molar-refractivity contribution in [3.05, 3.63) is 5.32 Å². The van der Waals surface area contributed by atoms with Gasteiger partial charge in [-0.15, -0.1) is 11.1 Å². The van der Waals surface area contributed by atoms with Gasteiger partial charge < -0.3 is 10.1 Å². The average Bonchev–Trinajstić information content (AvgIpc) is 1.56. The second-order valence-corrected chi connectivity index (χ2v) is 4.23. The molecular weight excluding hydrogens is 133 g/mol. The molecule has 11 heavy (non-hydrogen) atoms. The third-order valence-electron chi connectivity index (χ3n) is 1.52. The summed E-state index contributed by atoms with van der Waals surface area (Å²) < 4.78 is 5.41. The quantitative estimate of drug-likeness (QED) is 0.403. The summed E-state index contributed by atoms with van der Waals surface area (Å²) in [6.07, 6.45) is 0. The SMILES string of the molecule is CC1(C)COCC(C)(C)[N-]1.[Li+]. The molecule has 0 amide bonds. The van der Waals surface area contributed by atoms with Gasteiger partial charge in [0.25, 0.3) is 0 Å². The maximum Gasteiger partial charge on any atom is 1.00 e. The molecule has 1 heterocycles. The summed E-state index contributed by atoms with van der Waals surface area (Å²) in [7, 11) is 0. The first kappa shape index (κ1) is 11.5. The monoisotopic (exact) mass is 149 g/mol. The molecule has 1 saturated heterocycles. The van der Waals surface area contributed by atoms with Crippen LogP contribution in [0.4, 0.5) is 0 Å². The fraction of sp³-hybridized carbons (Fsp3) is 1.00. The van der Waals surface area contributed by atoms with E-state index in [1.54, 1.807) is 0 Å².